The van der Waals surface area contributed by atoms with Crippen molar-refractivity contribution in [1.82, 2.24) is 9.55 Å². The van der Waals surface area contributed by atoms with Crippen molar-refractivity contribution in [1.29, 1.82) is 0 Å². The van der Waals surface area contributed by atoms with Gasteiger partial charge in [-0.05, 0) is 18.2 Å². The lowest BCUT2D eigenvalue weighted by Gasteiger charge is -2.06. The van der Waals surface area contributed by atoms with Crippen LogP contribution in [-0.2, 0) is 7.05 Å². The molecule has 2 aromatic heterocycles. The van der Waals surface area contributed by atoms with E-state index in [2.05, 4.69) is 4.98 Å². The molecular formula is C11H10N2O. The van der Waals surface area contributed by atoms with Crippen LogP contribution in [0.5, 0.6) is 0 Å². The topological polar surface area (TPSA) is 34.9 Å². The zero-order valence-corrected chi connectivity index (χ0v) is 7.84. The minimum absolute atomic E-state index is 0.000637. The normalized spacial score (nSPS) is 10.1. The summed E-state index contributed by atoms with van der Waals surface area (Å²) in [5.41, 5.74) is 1.90. The van der Waals surface area contributed by atoms with E-state index in [1.807, 2.05) is 18.2 Å². The number of hydrogen-bond donors (Lipinski definition) is 0. The SMILES string of the molecule is Cn1c(-c2ccncc2)cccc1=O. The Morgan fingerprint density at radius 2 is 1.86 bits per heavy atom. The van der Waals surface area contributed by atoms with E-state index in [1.54, 1.807) is 36.1 Å². The smallest absolute Gasteiger partial charge is 0.250 e. The van der Waals surface area contributed by atoms with Crippen LogP contribution in [0.25, 0.3) is 11.3 Å². The minimum atomic E-state index is -0.000637. The summed E-state index contributed by atoms with van der Waals surface area (Å²) < 4.78 is 1.62. The maximum atomic E-state index is 11.4. The maximum absolute atomic E-state index is 11.4. The van der Waals surface area contributed by atoms with Gasteiger partial charge in [0.15, 0.2) is 0 Å². The lowest BCUT2D eigenvalue weighted by molar-refractivity contribution is 0.870. The molecular weight excluding hydrogens is 176 g/mol. The molecule has 2 aromatic rings. The van der Waals surface area contributed by atoms with E-state index in [4.69, 9.17) is 0 Å². The Morgan fingerprint density at radius 3 is 2.57 bits per heavy atom. The average Bonchev–Trinajstić information content (AvgIpc) is 2.23. The molecule has 0 bridgehead atoms. The number of pyridine rings is 2. The summed E-state index contributed by atoms with van der Waals surface area (Å²) in [4.78, 5) is 15.3. The second-order valence-electron chi connectivity index (χ2n) is 3.04. The Labute approximate surface area is 81.7 Å². The van der Waals surface area contributed by atoms with Gasteiger partial charge in [-0.3, -0.25) is 9.78 Å². The van der Waals surface area contributed by atoms with Gasteiger partial charge >= 0.3 is 0 Å². The third-order valence-corrected chi connectivity index (χ3v) is 2.16. The molecule has 3 heteroatoms. The van der Waals surface area contributed by atoms with Crippen molar-refractivity contribution in [2.24, 2.45) is 7.05 Å². The third kappa shape index (κ3) is 1.44. The summed E-state index contributed by atoms with van der Waals surface area (Å²) in [5, 5.41) is 0. The van der Waals surface area contributed by atoms with Crippen molar-refractivity contribution in [3.05, 3.63) is 53.1 Å². The number of nitrogens with zero attached hydrogens (tertiary/aromatic N) is 2. The summed E-state index contributed by atoms with van der Waals surface area (Å²) >= 11 is 0. The van der Waals surface area contributed by atoms with E-state index >= 15 is 0 Å². The predicted molar refractivity (Wildman–Crippen MR) is 54.9 cm³/mol. The Hall–Kier alpha value is -1.90. The van der Waals surface area contributed by atoms with E-state index < -0.39 is 0 Å². The first-order valence-electron chi connectivity index (χ1n) is 4.35. The molecule has 0 aliphatic heterocycles. The summed E-state index contributed by atoms with van der Waals surface area (Å²) in [5.74, 6) is 0. The second-order valence-corrected chi connectivity index (χ2v) is 3.04. The molecule has 2 rings (SSSR count). The van der Waals surface area contributed by atoms with Gasteiger partial charge in [0.2, 0.25) is 0 Å². The van der Waals surface area contributed by atoms with Gasteiger partial charge in [-0.2, -0.15) is 0 Å². The quantitative estimate of drug-likeness (QED) is 0.675. The molecule has 0 atom stereocenters. The van der Waals surface area contributed by atoms with Gasteiger partial charge < -0.3 is 4.57 Å². The van der Waals surface area contributed by atoms with E-state index in [1.165, 1.54) is 0 Å². The molecule has 0 N–H and O–H groups in total. The molecule has 14 heavy (non-hydrogen) atoms. The van der Waals surface area contributed by atoms with Crippen molar-refractivity contribution < 1.29 is 0 Å². The van der Waals surface area contributed by atoms with Gasteiger partial charge in [0.25, 0.3) is 5.56 Å². The predicted octanol–water partition coefficient (Wildman–Crippen LogP) is 1.45. The summed E-state index contributed by atoms with van der Waals surface area (Å²) in [6.07, 6.45) is 3.43. The van der Waals surface area contributed by atoms with Crippen LogP contribution in [0.3, 0.4) is 0 Å². The first kappa shape index (κ1) is 8.69. The molecule has 0 saturated heterocycles. The molecule has 70 valence electrons. The van der Waals surface area contributed by atoms with Gasteiger partial charge in [0, 0.05) is 31.1 Å². The summed E-state index contributed by atoms with van der Waals surface area (Å²) in [6, 6.07) is 8.99. The molecule has 0 aliphatic carbocycles. The molecule has 0 amide bonds. The van der Waals surface area contributed by atoms with Crippen molar-refractivity contribution in [2.75, 3.05) is 0 Å². The first-order valence-corrected chi connectivity index (χ1v) is 4.35. The molecule has 0 aliphatic rings. The number of rotatable bonds is 1. The fourth-order valence-corrected chi connectivity index (χ4v) is 1.38. The van der Waals surface area contributed by atoms with Gasteiger partial charge in [-0.15, -0.1) is 0 Å². The lowest BCUT2D eigenvalue weighted by atomic mass is 10.2. The summed E-state index contributed by atoms with van der Waals surface area (Å²) in [6.45, 7) is 0. The maximum Gasteiger partial charge on any atom is 0.250 e. The van der Waals surface area contributed by atoms with Gasteiger partial charge in [0.05, 0.1) is 5.69 Å². The van der Waals surface area contributed by atoms with Crippen molar-refractivity contribution in [2.45, 2.75) is 0 Å². The second kappa shape index (κ2) is 3.46. The van der Waals surface area contributed by atoms with Crippen molar-refractivity contribution in [3.63, 3.8) is 0 Å². The number of hydrogen-bond acceptors (Lipinski definition) is 2. The van der Waals surface area contributed by atoms with Crippen LogP contribution in [0.2, 0.25) is 0 Å². The molecule has 0 radical (unpaired) electrons. The highest BCUT2D eigenvalue weighted by Gasteiger charge is 2.00. The van der Waals surface area contributed by atoms with Crippen LogP contribution in [0.15, 0.2) is 47.5 Å². The number of aromatic nitrogens is 2. The van der Waals surface area contributed by atoms with E-state index in [0.29, 0.717) is 0 Å². The first-order chi connectivity index (χ1) is 6.79. The standard InChI is InChI=1S/C11H10N2O/c1-13-10(3-2-4-11(13)14)9-5-7-12-8-6-9/h2-8H,1H3. The van der Waals surface area contributed by atoms with E-state index in [9.17, 15) is 4.79 Å². The molecule has 0 aromatic carbocycles. The largest absolute Gasteiger partial charge is 0.311 e. The van der Waals surface area contributed by atoms with Crippen LogP contribution in [-0.4, -0.2) is 9.55 Å². The molecule has 0 spiro atoms. The Kier molecular flexibility index (Phi) is 2.14. The van der Waals surface area contributed by atoms with E-state index in [0.717, 1.165) is 11.3 Å². The van der Waals surface area contributed by atoms with Gasteiger partial charge in [0.1, 0.15) is 0 Å². The molecule has 0 fully saturated rings. The van der Waals surface area contributed by atoms with Crippen molar-refractivity contribution in [3.8, 4) is 11.3 Å². The van der Waals surface area contributed by atoms with Gasteiger partial charge in [-0.25, -0.2) is 0 Å². The van der Waals surface area contributed by atoms with Crippen LogP contribution in [0, 0.1) is 0 Å². The third-order valence-electron chi connectivity index (χ3n) is 2.16. The molecule has 3 nitrogen and oxygen atoms in total. The Balaban J connectivity index is 2.64. The highest BCUT2D eigenvalue weighted by Crippen LogP contribution is 2.14. The fraction of sp³-hybridized carbons (Fsp3) is 0.0909. The average molecular weight is 186 g/mol. The fourth-order valence-electron chi connectivity index (χ4n) is 1.38. The zero-order valence-electron chi connectivity index (χ0n) is 7.84. The van der Waals surface area contributed by atoms with Crippen molar-refractivity contribution >= 4 is 0 Å². The molecule has 0 saturated carbocycles. The van der Waals surface area contributed by atoms with Crippen LogP contribution in [0.4, 0.5) is 0 Å². The van der Waals surface area contributed by atoms with Crippen LogP contribution < -0.4 is 5.56 Å². The Bertz CT molecular complexity index is 488. The molecule has 0 unspecified atom stereocenters. The summed E-state index contributed by atoms with van der Waals surface area (Å²) in [7, 11) is 1.76. The lowest BCUT2D eigenvalue weighted by Crippen LogP contribution is -2.16. The molecule has 2 heterocycles. The van der Waals surface area contributed by atoms with E-state index in [-0.39, 0.29) is 5.56 Å². The monoisotopic (exact) mass is 186 g/mol. The Morgan fingerprint density at radius 1 is 1.14 bits per heavy atom. The highest BCUT2D eigenvalue weighted by atomic mass is 16.1. The zero-order chi connectivity index (χ0) is 9.97. The van der Waals surface area contributed by atoms with Crippen LogP contribution in [0.1, 0.15) is 0 Å². The van der Waals surface area contributed by atoms with Gasteiger partial charge in [-0.1, -0.05) is 6.07 Å². The highest BCUT2D eigenvalue weighted by molar-refractivity contribution is 5.58. The minimum Gasteiger partial charge on any atom is -0.311 e. The van der Waals surface area contributed by atoms with Crippen LogP contribution >= 0.6 is 0 Å².